The Morgan fingerprint density at radius 1 is 0.889 bits per heavy atom. The van der Waals surface area contributed by atoms with E-state index in [0.29, 0.717) is 39.7 Å². The van der Waals surface area contributed by atoms with Crippen molar-refractivity contribution in [2.45, 2.75) is 0 Å². The molecule has 0 aliphatic heterocycles. The van der Waals surface area contributed by atoms with Crippen LogP contribution in [0, 0.1) is 0 Å². The fourth-order valence-corrected chi connectivity index (χ4v) is 2.60. The van der Waals surface area contributed by atoms with Crippen LogP contribution in [-0.2, 0) is 0 Å². The lowest BCUT2D eigenvalue weighted by molar-refractivity contribution is 0.324. The third-order valence-electron chi connectivity index (χ3n) is 3.58. The Kier molecular flexibility index (Phi) is 5.77. The lowest BCUT2D eigenvalue weighted by Gasteiger charge is -2.15. The van der Waals surface area contributed by atoms with Gasteiger partial charge in [-0.2, -0.15) is 10.1 Å². The van der Waals surface area contributed by atoms with E-state index in [9.17, 15) is 0 Å². The quantitative estimate of drug-likeness (QED) is 0.627. The average Bonchev–Trinajstić information content (AvgIpc) is 2.67. The van der Waals surface area contributed by atoms with Crippen LogP contribution >= 0.6 is 11.6 Å². The number of aromatic nitrogens is 3. The van der Waals surface area contributed by atoms with Crippen LogP contribution in [0.3, 0.4) is 0 Å². The fourth-order valence-electron chi connectivity index (χ4n) is 2.41. The number of hydrogen-bond acceptors (Lipinski definition) is 8. The molecule has 2 N–H and O–H groups in total. The van der Waals surface area contributed by atoms with Crippen LogP contribution < -0.4 is 24.8 Å². The van der Waals surface area contributed by atoms with Gasteiger partial charge in [-0.15, -0.1) is 5.10 Å². The first kappa shape index (κ1) is 18.5. The number of rotatable bonds is 7. The van der Waals surface area contributed by atoms with E-state index in [-0.39, 0.29) is 0 Å². The van der Waals surface area contributed by atoms with Crippen molar-refractivity contribution < 1.29 is 14.2 Å². The number of ether oxygens (including phenoxy) is 3. The van der Waals surface area contributed by atoms with Crippen LogP contribution in [-0.4, -0.2) is 36.5 Å². The lowest BCUT2D eigenvalue weighted by atomic mass is 10.2. The molecule has 0 spiro atoms. The SMILES string of the molecule is COc1cc(Nc2cnnc(Nc3cccc(Cl)c3)n2)cc(OC)c1OC. The summed E-state index contributed by atoms with van der Waals surface area (Å²) >= 11 is 5.99. The molecule has 2 aromatic carbocycles. The maximum absolute atomic E-state index is 5.99. The van der Waals surface area contributed by atoms with Crippen LogP contribution in [0.4, 0.5) is 23.1 Å². The minimum Gasteiger partial charge on any atom is -0.493 e. The number of methoxy groups -OCH3 is 3. The van der Waals surface area contributed by atoms with E-state index < -0.39 is 0 Å². The fraction of sp³-hybridized carbons (Fsp3) is 0.167. The zero-order chi connectivity index (χ0) is 19.2. The van der Waals surface area contributed by atoms with Crippen molar-refractivity contribution in [3.05, 3.63) is 47.6 Å². The van der Waals surface area contributed by atoms with E-state index in [2.05, 4.69) is 25.8 Å². The van der Waals surface area contributed by atoms with Crippen LogP contribution in [0.2, 0.25) is 5.02 Å². The maximum Gasteiger partial charge on any atom is 0.249 e. The maximum atomic E-state index is 5.99. The highest BCUT2D eigenvalue weighted by Crippen LogP contribution is 2.40. The molecule has 0 saturated heterocycles. The summed E-state index contributed by atoms with van der Waals surface area (Å²) in [4.78, 5) is 4.39. The highest BCUT2D eigenvalue weighted by Gasteiger charge is 2.14. The normalized spacial score (nSPS) is 10.2. The zero-order valence-electron chi connectivity index (χ0n) is 15.0. The number of hydrogen-bond donors (Lipinski definition) is 2. The van der Waals surface area contributed by atoms with Crippen molar-refractivity contribution in [1.29, 1.82) is 0 Å². The van der Waals surface area contributed by atoms with E-state index in [1.165, 1.54) is 6.20 Å². The van der Waals surface area contributed by atoms with Crippen LogP contribution in [0.1, 0.15) is 0 Å². The minimum atomic E-state index is 0.328. The van der Waals surface area contributed by atoms with Gasteiger partial charge in [-0.25, -0.2) is 0 Å². The van der Waals surface area contributed by atoms with E-state index in [4.69, 9.17) is 25.8 Å². The largest absolute Gasteiger partial charge is 0.493 e. The molecule has 0 amide bonds. The molecule has 8 nitrogen and oxygen atoms in total. The van der Waals surface area contributed by atoms with E-state index >= 15 is 0 Å². The number of halogens is 1. The predicted octanol–water partition coefficient (Wildman–Crippen LogP) is 4.04. The highest BCUT2D eigenvalue weighted by atomic mass is 35.5. The first-order chi connectivity index (χ1) is 13.1. The topological polar surface area (TPSA) is 90.4 Å². The molecule has 1 aromatic heterocycles. The van der Waals surface area contributed by atoms with Gasteiger partial charge < -0.3 is 24.8 Å². The van der Waals surface area contributed by atoms with Gasteiger partial charge in [0.15, 0.2) is 17.3 Å². The first-order valence-corrected chi connectivity index (χ1v) is 8.30. The third-order valence-corrected chi connectivity index (χ3v) is 3.81. The van der Waals surface area contributed by atoms with Crippen LogP contribution in [0.5, 0.6) is 17.2 Å². The van der Waals surface area contributed by atoms with Crippen LogP contribution in [0.25, 0.3) is 0 Å². The van der Waals surface area contributed by atoms with Crippen molar-refractivity contribution in [3.63, 3.8) is 0 Å². The van der Waals surface area contributed by atoms with Gasteiger partial charge in [0.2, 0.25) is 11.7 Å². The molecule has 0 fully saturated rings. The van der Waals surface area contributed by atoms with E-state index in [1.54, 1.807) is 45.6 Å². The van der Waals surface area contributed by atoms with Gasteiger partial charge in [-0.3, -0.25) is 0 Å². The molecule has 3 rings (SSSR count). The molecule has 0 bridgehead atoms. The molecule has 3 aromatic rings. The monoisotopic (exact) mass is 387 g/mol. The molecular formula is C18H18ClN5O3. The second-order valence-electron chi connectivity index (χ2n) is 5.34. The standard InChI is InChI=1S/C18H18ClN5O3/c1-25-14-8-13(9-15(26-2)17(14)27-3)21-16-10-20-24-18(23-16)22-12-6-4-5-11(19)7-12/h4-10H,1-3H3,(H2,21,22,23,24). The van der Waals surface area contributed by atoms with Gasteiger partial charge in [0.1, 0.15) is 0 Å². The number of benzene rings is 2. The Bertz CT molecular complexity index is 913. The molecule has 27 heavy (non-hydrogen) atoms. The molecule has 0 radical (unpaired) electrons. The van der Waals surface area contributed by atoms with Crippen molar-refractivity contribution in [2.24, 2.45) is 0 Å². The van der Waals surface area contributed by atoms with Gasteiger partial charge in [0.05, 0.1) is 27.5 Å². The second kappa shape index (κ2) is 8.41. The summed E-state index contributed by atoms with van der Waals surface area (Å²) in [5.41, 5.74) is 1.45. The van der Waals surface area contributed by atoms with Gasteiger partial charge in [-0.1, -0.05) is 17.7 Å². The zero-order valence-corrected chi connectivity index (χ0v) is 15.7. The Hall–Kier alpha value is -3.26. The average molecular weight is 388 g/mol. The summed E-state index contributed by atoms with van der Waals surface area (Å²) < 4.78 is 16.0. The van der Waals surface area contributed by atoms with Crippen molar-refractivity contribution in [3.8, 4) is 17.2 Å². The summed E-state index contributed by atoms with van der Waals surface area (Å²) in [6.07, 6.45) is 1.51. The molecule has 0 unspecified atom stereocenters. The summed E-state index contributed by atoms with van der Waals surface area (Å²) in [5.74, 6) is 2.38. The Morgan fingerprint density at radius 3 is 2.26 bits per heavy atom. The Morgan fingerprint density at radius 2 is 1.63 bits per heavy atom. The smallest absolute Gasteiger partial charge is 0.249 e. The Labute approximate surface area is 161 Å². The molecular weight excluding hydrogens is 370 g/mol. The molecule has 140 valence electrons. The van der Waals surface area contributed by atoms with Gasteiger partial charge in [0, 0.05) is 28.5 Å². The summed E-state index contributed by atoms with van der Waals surface area (Å²) in [5, 5.41) is 14.8. The van der Waals surface area contributed by atoms with Crippen molar-refractivity contribution in [1.82, 2.24) is 15.2 Å². The molecule has 0 atom stereocenters. The van der Waals surface area contributed by atoms with Gasteiger partial charge >= 0.3 is 0 Å². The summed E-state index contributed by atoms with van der Waals surface area (Å²) in [7, 11) is 4.66. The van der Waals surface area contributed by atoms with Crippen molar-refractivity contribution >= 4 is 34.7 Å². The van der Waals surface area contributed by atoms with Gasteiger partial charge in [-0.05, 0) is 18.2 Å². The second-order valence-corrected chi connectivity index (χ2v) is 5.78. The summed E-state index contributed by atoms with van der Waals surface area (Å²) in [6, 6.07) is 10.8. The lowest BCUT2D eigenvalue weighted by Crippen LogP contribution is -2.03. The Balaban J connectivity index is 1.84. The number of nitrogens with one attached hydrogen (secondary N) is 2. The first-order valence-electron chi connectivity index (χ1n) is 7.92. The molecule has 0 aliphatic carbocycles. The summed E-state index contributed by atoms with van der Waals surface area (Å²) in [6.45, 7) is 0. The van der Waals surface area contributed by atoms with Crippen LogP contribution in [0.15, 0.2) is 42.6 Å². The third kappa shape index (κ3) is 4.48. The number of anilines is 4. The van der Waals surface area contributed by atoms with E-state index in [0.717, 1.165) is 5.69 Å². The molecule has 0 aliphatic rings. The van der Waals surface area contributed by atoms with E-state index in [1.807, 2.05) is 12.1 Å². The predicted molar refractivity (Wildman–Crippen MR) is 104 cm³/mol. The van der Waals surface area contributed by atoms with Gasteiger partial charge in [0.25, 0.3) is 0 Å². The molecule has 0 saturated carbocycles. The highest BCUT2D eigenvalue weighted by molar-refractivity contribution is 6.30. The molecule has 1 heterocycles. The minimum absolute atomic E-state index is 0.328. The number of nitrogens with zero attached hydrogens (tertiary/aromatic N) is 3. The van der Waals surface area contributed by atoms with Crippen molar-refractivity contribution in [2.75, 3.05) is 32.0 Å². The molecule has 9 heteroatoms.